The Morgan fingerprint density at radius 3 is 2.29 bits per heavy atom. The number of amides is 1. The van der Waals surface area contributed by atoms with Crippen LogP contribution in [-0.2, 0) is 4.79 Å². The molecule has 1 fully saturated rings. The highest BCUT2D eigenvalue weighted by Gasteiger charge is 2.19. The van der Waals surface area contributed by atoms with Gasteiger partial charge in [-0.1, -0.05) is 39.5 Å². The van der Waals surface area contributed by atoms with E-state index in [2.05, 4.69) is 19.2 Å². The predicted molar refractivity (Wildman–Crippen MR) is 71.6 cm³/mol. The van der Waals surface area contributed by atoms with Crippen LogP contribution in [0.3, 0.4) is 0 Å². The fraction of sp³-hybridized carbons (Fsp3) is 0.929. The standard InChI is InChI=1S/C14H28N2O/c1-11(2)13(10-15)16-14(17)9-12-7-5-3-4-6-8-12/h11-13H,3-10,15H2,1-2H3,(H,16,17). The molecule has 0 aromatic rings. The molecule has 1 aliphatic rings. The van der Waals surface area contributed by atoms with E-state index in [0.717, 1.165) is 0 Å². The quantitative estimate of drug-likeness (QED) is 0.725. The Balaban J connectivity index is 2.32. The van der Waals surface area contributed by atoms with Crippen molar-refractivity contribution in [3.63, 3.8) is 0 Å². The molecule has 0 aromatic carbocycles. The Kier molecular flexibility index (Phi) is 6.56. The van der Waals surface area contributed by atoms with Crippen LogP contribution in [0.2, 0.25) is 0 Å². The molecular formula is C14H28N2O. The molecule has 1 amide bonds. The second-order valence-corrected chi connectivity index (χ2v) is 5.72. The van der Waals surface area contributed by atoms with Crippen LogP contribution in [0.4, 0.5) is 0 Å². The number of rotatable bonds is 5. The highest BCUT2D eigenvalue weighted by molar-refractivity contribution is 5.76. The van der Waals surface area contributed by atoms with Crippen LogP contribution in [0.25, 0.3) is 0 Å². The predicted octanol–water partition coefficient (Wildman–Crippen LogP) is 2.45. The van der Waals surface area contributed by atoms with Crippen LogP contribution in [0.5, 0.6) is 0 Å². The lowest BCUT2D eigenvalue weighted by molar-refractivity contribution is -0.123. The Morgan fingerprint density at radius 1 is 1.24 bits per heavy atom. The molecule has 0 bridgehead atoms. The topological polar surface area (TPSA) is 55.1 Å². The second-order valence-electron chi connectivity index (χ2n) is 5.72. The first-order valence-electron chi connectivity index (χ1n) is 7.13. The van der Waals surface area contributed by atoms with Crippen LogP contribution in [0.15, 0.2) is 0 Å². The van der Waals surface area contributed by atoms with Gasteiger partial charge in [-0.25, -0.2) is 0 Å². The third-order valence-corrected chi connectivity index (χ3v) is 3.85. The van der Waals surface area contributed by atoms with Crippen LogP contribution in [0, 0.1) is 11.8 Å². The van der Waals surface area contributed by atoms with E-state index in [9.17, 15) is 4.79 Å². The van der Waals surface area contributed by atoms with Crippen molar-refractivity contribution in [3.05, 3.63) is 0 Å². The molecule has 3 N–H and O–H groups in total. The summed E-state index contributed by atoms with van der Waals surface area (Å²) in [5, 5.41) is 3.07. The molecule has 1 aliphatic carbocycles. The number of hydrogen-bond acceptors (Lipinski definition) is 2. The summed E-state index contributed by atoms with van der Waals surface area (Å²) in [7, 11) is 0. The molecule has 0 radical (unpaired) electrons. The van der Waals surface area contributed by atoms with Crippen molar-refractivity contribution in [1.29, 1.82) is 0 Å². The van der Waals surface area contributed by atoms with E-state index in [4.69, 9.17) is 5.73 Å². The molecule has 1 atom stereocenters. The minimum absolute atomic E-state index is 0.133. The van der Waals surface area contributed by atoms with Crippen LogP contribution in [-0.4, -0.2) is 18.5 Å². The van der Waals surface area contributed by atoms with Crippen molar-refractivity contribution < 1.29 is 4.79 Å². The van der Waals surface area contributed by atoms with Crippen molar-refractivity contribution in [3.8, 4) is 0 Å². The van der Waals surface area contributed by atoms with Crippen molar-refractivity contribution >= 4 is 5.91 Å². The second kappa shape index (κ2) is 7.70. The first-order valence-corrected chi connectivity index (χ1v) is 7.13. The van der Waals surface area contributed by atoms with E-state index in [1.807, 2.05) is 0 Å². The zero-order valence-electron chi connectivity index (χ0n) is 11.4. The lowest BCUT2D eigenvalue weighted by Crippen LogP contribution is -2.44. The summed E-state index contributed by atoms with van der Waals surface area (Å²) in [6.07, 6.45) is 8.42. The van der Waals surface area contributed by atoms with E-state index in [1.54, 1.807) is 0 Å². The van der Waals surface area contributed by atoms with Gasteiger partial charge in [0.1, 0.15) is 0 Å². The summed E-state index contributed by atoms with van der Waals surface area (Å²) >= 11 is 0. The van der Waals surface area contributed by atoms with E-state index in [1.165, 1.54) is 38.5 Å². The summed E-state index contributed by atoms with van der Waals surface area (Å²) in [5.41, 5.74) is 5.67. The van der Waals surface area contributed by atoms with Gasteiger partial charge in [0.05, 0.1) is 0 Å². The summed E-state index contributed by atoms with van der Waals surface area (Å²) < 4.78 is 0. The van der Waals surface area contributed by atoms with Gasteiger partial charge in [0.15, 0.2) is 0 Å². The van der Waals surface area contributed by atoms with E-state index < -0.39 is 0 Å². The Morgan fingerprint density at radius 2 is 1.82 bits per heavy atom. The van der Waals surface area contributed by atoms with Gasteiger partial charge >= 0.3 is 0 Å². The number of nitrogens with one attached hydrogen (secondary N) is 1. The molecule has 0 aliphatic heterocycles. The minimum atomic E-state index is 0.133. The molecule has 100 valence electrons. The molecule has 3 nitrogen and oxygen atoms in total. The van der Waals surface area contributed by atoms with Gasteiger partial charge in [-0.15, -0.1) is 0 Å². The Bertz CT molecular complexity index is 220. The summed E-state index contributed by atoms with van der Waals surface area (Å²) in [6, 6.07) is 0.133. The smallest absolute Gasteiger partial charge is 0.220 e. The monoisotopic (exact) mass is 240 g/mol. The molecule has 0 saturated heterocycles. The van der Waals surface area contributed by atoms with E-state index in [0.29, 0.717) is 24.8 Å². The molecule has 1 rings (SSSR count). The summed E-state index contributed by atoms with van der Waals surface area (Å²) in [5.74, 6) is 1.21. The maximum Gasteiger partial charge on any atom is 0.220 e. The minimum Gasteiger partial charge on any atom is -0.352 e. The normalized spacial score (nSPS) is 20.0. The van der Waals surface area contributed by atoms with E-state index >= 15 is 0 Å². The molecule has 0 heterocycles. The lowest BCUT2D eigenvalue weighted by Gasteiger charge is -2.22. The average molecular weight is 240 g/mol. The molecule has 1 saturated carbocycles. The van der Waals surface area contributed by atoms with Gasteiger partial charge in [0.2, 0.25) is 5.91 Å². The fourth-order valence-electron chi connectivity index (χ4n) is 2.59. The molecule has 0 aromatic heterocycles. The van der Waals surface area contributed by atoms with Crippen LogP contribution >= 0.6 is 0 Å². The Labute approximate surface area is 106 Å². The maximum absolute atomic E-state index is 11.9. The number of carbonyl (C=O) groups excluding carboxylic acids is 1. The number of carbonyl (C=O) groups is 1. The third-order valence-electron chi connectivity index (χ3n) is 3.85. The molecule has 3 heteroatoms. The van der Waals surface area contributed by atoms with Crippen LogP contribution in [0.1, 0.15) is 58.8 Å². The van der Waals surface area contributed by atoms with Gasteiger partial charge in [-0.05, 0) is 24.7 Å². The van der Waals surface area contributed by atoms with Crippen LogP contribution < -0.4 is 11.1 Å². The average Bonchev–Trinajstić information content (AvgIpc) is 2.54. The molecular weight excluding hydrogens is 212 g/mol. The van der Waals surface area contributed by atoms with Crippen molar-refractivity contribution in [2.75, 3.05) is 6.54 Å². The fourth-order valence-corrected chi connectivity index (χ4v) is 2.59. The SMILES string of the molecule is CC(C)C(CN)NC(=O)CC1CCCCCC1. The third kappa shape index (κ3) is 5.53. The van der Waals surface area contributed by atoms with Gasteiger partial charge in [-0.3, -0.25) is 4.79 Å². The molecule has 17 heavy (non-hydrogen) atoms. The van der Waals surface area contributed by atoms with Gasteiger partial charge in [0.25, 0.3) is 0 Å². The lowest BCUT2D eigenvalue weighted by atomic mass is 9.95. The van der Waals surface area contributed by atoms with Gasteiger partial charge in [-0.2, -0.15) is 0 Å². The highest BCUT2D eigenvalue weighted by Crippen LogP contribution is 2.25. The van der Waals surface area contributed by atoms with Crippen molar-refractivity contribution in [1.82, 2.24) is 5.32 Å². The zero-order chi connectivity index (χ0) is 12.7. The zero-order valence-corrected chi connectivity index (χ0v) is 11.4. The van der Waals surface area contributed by atoms with E-state index in [-0.39, 0.29) is 11.9 Å². The highest BCUT2D eigenvalue weighted by atomic mass is 16.1. The first-order chi connectivity index (χ1) is 8.13. The molecule has 0 spiro atoms. The maximum atomic E-state index is 11.9. The molecule has 1 unspecified atom stereocenters. The summed E-state index contributed by atoms with van der Waals surface area (Å²) in [6.45, 7) is 4.74. The Hall–Kier alpha value is -0.570. The first kappa shape index (κ1) is 14.5. The van der Waals surface area contributed by atoms with Crippen molar-refractivity contribution in [2.45, 2.75) is 64.8 Å². The van der Waals surface area contributed by atoms with Gasteiger partial charge < -0.3 is 11.1 Å². The number of nitrogens with two attached hydrogens (primary N) is 1. The van der Waals surface area contributed by atoms with Gasteiger partial charge in [0, 0.05) is 19.0 Å². The number of hydrogen-bond donors (Lipinski definition) is 2. The van der Waals surface area contributed by atoms with Crippen molar-refractivity contribution in [2.24, 2.45) is 17.6 Å². The summed E-state index contributed by atoms with van der Waals surface area (Å²) in [4.78, 5) is 11.9. The largest absolute Gasteiger partial charge is 0.352 e.